The molecule has 0 aromatic heterocycles. The Kier molecular flexibility index (Phi) is 3.27. The van der Waals surface area contributed by atoms with Gasteiger partial charge in [-0.15, -0.1) is 0 Å². The van der Waals surface area contributed by atoms with E-state index in [2.05, 4.69) is 36.0 Å². The Morgan fingerprint density at radius 3 is 2.58 bits per heavy atom. The summed E-state index contributed by atoms with van der Waals surface area (Å²) in [7, 11) is 4.48. The molecule has 1 aliphatic carbocycles. The number of anilines is 1. The third kappa shape index (κ3) is 2.26. The predicted molar refractivity (Wildman–Crippen MR) is 79.9 cm³/mol. The number of fused-ring (bicyclic) bond motifs is 1. The summed E-state index contributed by atoms with van der Waals surface area (Å²) in [6.07, 6.45) is 5.42. The van der Waals surface area contributed by atoms with Crippen molar-refractivity contribution < 1.29 is 0 Å². The molecule has 1 fully saturated rings. The highest BCUT2D eigenvalue weighted by Gasteiger charge is 2.38. The van der Waals surface area contributed by atoms with Crippen LogP contribution in [0.2, 0.25) is 0 Å². The maximum atomic E-state index is 6.10. The average Bonchev–Trinajstić information content (AvgIpc) is 2.97. The molecule has 1 aromatic carbocycles. The summed E-state index contributed by atoms with van der Waals surface area (Å²) in [6.45, 7) is 3.27. The largest absolute Gasteiger partial charge is 0.398 e. The van der Waals surface area contributed by atoms with Crippen LogP contribution in [0.25, 0.3) is 0 Å². The van der Waals surface area contributed by atoms with Gasteiger partial charge in [0.2, 0.25) is 0 Å². The number of nitrogens with two attached hydrogens (primary N) is 1. The highest BCUT2D eigenvalue weighted by Crippen LogP contribution is 2.37. The van der Waals surface area contributed by atoms with Gasteiger partial charge in [-0.05, 0) is 44.1 Å². The van der Waals surface area contributed by atoms with Crippen molar-refractivity contribution >= 4 is 5.69 Å². The second kappa shape index (κ2) is 4.80. The lowest BCUT2D eigenvalue weighted by Crippen LogP contribution is -2.49. The number of hydrogen-bond donors (Lipinski definition) is 1. The first kappa shape index (κ1) is 12.9. The molecule has 0 spiro atoms. The van der Waals surface area contributed by atoms with Gasteiger partial charge in [-0.3, -0.25) is 4.90 Å². The molecule has 2 aliphatic rings. The van der Waals surface area contributed by atoms with Gasteiger partial charge < -0.3 is 10.6 Å². The van der Waals surface area contributed by atoms with E-state index in [0.29, 0.717) is 5.54 Å². The normalized spacial score (nSPS) is 22.1. The molecule has 3 nitrogen and oxygen atoms in total. The first-order valence-corrected chi connectivity index (χ1v) is 7.37. The fourth-order valence-corrected chi connectivity index (χ4v) is 3.82. The van der Waals surface area contributed by atoms with E-state index in [-0.39, 0.29) is 0 Å². The van der Waals surface area contributed by atoms with Gasteiger partial charge in [-0.1, -0.05) is 25.0 Å². The third-order valence-electron chi connectivity index (χ3n) is 5.09. The second-order valence-electron chi connectivity index (χ2n) is 6.46. The van der Waals surface area contributed by atoms with Gasteiger partial charge in [-0.25, -0.2) is 0 Å². The molecule has 0 amide bonds. The fraction of sp³-hybridized carbons (Fsp3) is 0.625. The third-order valence-corrected chi connectivity index (χ3v) is 5.09. The molecular formula is C16H25N3. The van der Waals surface area contributed by atoms with Gasteiger partial charge in [0.15, 0.2) is 0 Å². The molecule has 1 aromatic rings. The Bertz CT molecular complexity index is 461. The second-order valence-corrected chi connectivity index (χ2v) is 6.46. The number of benzene rings is 1. The number of rotatable bonds is 3. The minimum absolute atomic E-state index is 0.386. The monoisotopic (exact) mass is 259 g/mol. The van der Waals surface area contributed by atoms with E-state index in [9.17, 15) is 0 Å². The summed E-state index contributed by atoms with van der Waals surface area (Å²) >= 11 is 0. The van der Waals surface area contributed by atoms with E-state index in [0.717, 1.165) is 18.8 Å². The lowest BCUT2D eigenvalue weighted by Gasteiger charge is -2.39. The average molecular weight is 259 g/mol. The molecule has 0 saturated heterocycles. The summed E-state index contributed by atoms with van der Waals surface area (Å²) in [5.41, 5.74) is 10.2. The molecule has 0 unspecified atom stereocenters. The molecule has 0 bridgehead atoms. The summed E-state index contributed by atoms with van der Waals surface area (Å²) in [5, 5.41) is 0. The van der Waals surface area contributed by atoms with Crippen molar-refractivity contribution in [2.75, 3.05) is 26.4 Å². The Hall–Kier alpha value is -1.06. The lowest BCUT2D eigenvalue weighted by molar-refractivity contribution is 0.0917. The van der Waals surface area contributed by atoms with Crippen LogP contribution in [0.4, 0.5) is 5.69 Å². The predicted octanol–water partition coefficient (Wildman–Crippen LogP) is 2.46. The Morgan fingerprint density at radius 2 is 1.95 bits per heavy atom. The van der Waals surface area contributed by atoms with Crippen LogP contribution in [0.1, 0.15) is 36.8 Å². The van der Waals surface area contributed by atoms with Crippen LogP contribution in [0.3, 0.4) is 0 Å². The zero-order valence-electron chi connectivity index (χ0n) is 12.2. The number of hydrogen-bond acceptors (Lipinski definition) is 3. The van der Waals surface area contributed by atoms with Gasteiger partial charge in [0.1, 0.15) is 0 Å². The van der Waals surface area contributed by atoms with Gasteiger partial charge in [0.25, 0.3) is 0 Å². The Balaban J connectivity index is 1.75. The van der Waals surface area contributed by atoms with Crippen LogP contribution >= 0.6 is 0 Å². The summed E-state index contributed by atoms with van der Waals surface area (Å²) in [5.74, 6) is 0. The van der Waals surface area contributed by atoms with Crippen LogP contribution < -0.4 is 5.73 Å². The van der Waals surface area contributed by atoms with Gasteiger partial charge in [0, 0.05) is 30.9 Å². The molecule has 0 radical (unpaired) electrons. The van der Waals surface area contributed by atoms with Crippen molar-refractivity contribution in [3.05, 3.63) is 29.3 Å². The van der Waals surface area contributed by atoms with Crippen LogP contribution in [-0.4, -0.2) is 36.0 Å². The standard InChI is InChI=1S/C16H25N3/c1-18(2)16(8-3-4-9-16)12-19-10-13-6-5-7-15(17)14(13)11-19/h5-7H,3-4,8-12,17H2,1-2H3. The first-order valence-electron chi connectivity index (χ1n) is 7.37. The first-order chi connectivity index (χ1) is 9.11. The van der Waals surface area contributed by atoms with E-state index in [1.54, 1.807) is 0 Å². The van der Waals surface area contributed by atoms with E-state index >= 15 is 0 Å². The molecule has 2 N–H and O–H groups in total. The molecule has 1 aliphatic heterocycles. The molecule has 3 heteroatoms. The maximum absolute atomic E-state index is 6.10. The topological polar surface area (TPSA) is 32.5 Å². The fourth-order valence-electron chi connectivity index (χ4n) is 3.82. The number of nitrogens with zero attached hydrogens (tertiary/aromatic N) is 2. The zero-order valence-corrected chi connectivity index (χ0v) is 12.2. The minimum Gasteiger partial charge on any atom is -0.398 e. The van der Waals surface area contributed by atoms with E-state index in [1.165, 1.54) is 43.4 Å². The molecule has 0 atom stereocenters. The van der Waals surface area contributed by atoms with Crippen molar-refractivity contribution in [2.45, 2.75) is 44.3 Å². The Labute approximate surface area is 116 Å². The van der Waals surface area contributed by atoms with E-state index < -0.39 is 0 Å². The maximum Gasteiger partial charge on any atom is 0.0363 e. The smallest absolute Gasteiger partial charge is 0.0363 e. The minimum atomic E-state index is 0.386. The van der Waals surface area contributed by atoms with Crippen molar-refractivity contribution in [3.8, 4) is 0 Å². The molecule has 1 heterocycles. The molecule has 104 valence electrons. The van der Waals surface area contributed by atoms with Crippen molar-refractivity contribution in [3.63, 3.8) is 0 Å². The molecule has 1 saturated carbocycles. The molecule has 19 heavy (non-hydrogen) atoms. The lowest BCUT2D eigenvalue weighted by atomic mass is 9.95. The van der Waals surface area contributed by atoms with Crippen LogP contribution in [-0.2, 0) is 13.1 Å². The van der Waals surface area contributed by atoms with Crippen molar-refractivity contribution in [1.82, 2.24) is 9.80 Å². The van der Waals surface area contributed by atoms with Crippen LogP contribution in [0, 0.1) is 0 Å². The SMILES string of the molecule is CN(C)C1(CN2Cc3cccc(N)c3C2)CCCC1. The molecule has 3 rings (SSSR count). The summed E-state index contributed by atoms with van der Waals surface area (Å²) in [6, 6.07) is 6.33. The molecular weight excluding hydrogens is 234 g/mol. The van der Waals surface area contributed by atoms with Gasteiger partial charge in [-0.2, -0.15) is 0 Å². The quantitative estimate of drug-likeness (QED) is 0.846. The summed E-state index contributed by atoms with van der Waals surface area (Å²) < 4.78 is 0. The highest BCUT2D eigenvalue weighted by atomic mass is 15.2. The van der Waals surface area contributed by atoms with E-state index in [4.69, 9.17) is 5.73 Å². The number of nitrogen functional groups attached to an aromatic ring is 1. The van der Waals surface area contributed by atoms with Crippen molar-refractivity contribution in [2.24, 2.45) is 0 Å². The zero-order chi connectivity index (χ0) is 13.5. The van der Waals surface area contributed by atoms with Crippen molar-refractivity contribution in [1.29, 1.82) is 0 Å². The van der Waals surface area contributed by atoms with Gasteiger partial charge in [0.05, 0.1) is 0 Å². The van der Waals surface area contributed by atoms with Crippen LogP contribution in [0.5, 0.6) is 0 Å². The van der Waals surface area contributed by atoms with Gasteiger partial charge >= 0.3 is 0 Å². The highest BCUT2D eigenvalue weighted by molar-refractivity contribution is 5.52. The summed E-state index contributed by atoms with van der Waals surface area (Å²) in [4.78, 5) is 5.03. The van der Waals surface area contributed by atoms with Crippen LogP contribution in [0.15, 0.2) is 18.2 Å². The Morgan fingerprint density at radius 1 is 1.21 bits per heavy atom. The number of likely N-dealkylation sites (N-methyl/N-ethyl adjacent to an activating group) is 1. The van der Waals surface area contributed by atoms with E-state index in [1.807, 2.05) is 6.07 Å².